The molecule has 0 bridgehead atoms. The van der Waals surface area contributed by atoms with Crippen LogP contribution >= 0.6 is 0 Å². The molecule has 0 radical (unpaired) electrons. The number of hydrogen-bond donors (Lipinski definition) is 1. The van der Waals surface area contributed by atoms with Gasteiger partial charge in [0.2, 0.25) is 0 Å². The minimum Gasteiger partial charge on any atom is -0.493 e. The van der Waals surface area contributed by atoms with Crippen molar-refractivity contribution in [1.29, 1.82) is 0 Å². The van der Waals surface area contributed by atoms with Crippen molar-refractivity contribution in [3.8, 4) is 17.8 Å². The Balaban J connectivity index is 1.89. The molecule has 0 spiro atoms. The maximum atomic E-state index is 12.9. The van der Waals surface area contributed by atoms with Crippen LogP contribution in [0.4, 0.5) is 0 Å². The highest BCUT2D eigenvalue weighted by Gasteiger charge is 2.17. The molecule has 0 saturated heterocycles. The fraction of sp³-hybridized carbons (Fsp3) is 0.263. The highest BCUT2D eigenvalue weighted by molar-refractivity contribution is 6.09. The molecule has 1 N–H and O–H groups in total. The van der Waals surface area contributed by atoms with E-state index in [2.05, 4.69) is 20.3 Å². The molecule has 0 aliphatic heterocycles. The van der Waals surface area contributed by atoms with Gasteiger partial charge < -0.3 is 19.5 Å². The van der Waals surface area contributed by atoms with E-state index in [1.807, 2.05) is 37.3 Å². The minimum absolute atomic E-state index is 0.0862. The molecule has 8 nitrogen and oxygen atoms in total. The largest absolute Gasteiger partial charge is 0.493 e. The minimum atomic E-state index is -0.284. The lowest BCUT2D eigenvalue weighted by Crippen LogP contribution is -2.25. The lowest BCUT2D eigenvalue weighted by molar-refractivity contribution is 0.0947. The predicted octanol–water partition coefficient (Wildman–Crippen LogP) is 2.37. The molecule has 1 aromatic heterocycles. The van der Waals surface area contributed by atoms with Crippen LogP contribution in [-0.4, -0.2) is 41.7 Å². The standard InChI is InChI=1S/C19H20N4O4/c1-4-27-14-10-9-12-7-5-6-8-13(12)16(14)17(24)20-11-15-21-18(25-2)23-19(22-15)26-3/h5-10H,4,11H2,1-3H3,(H,20,24). The van der Waals surface area contributed by atoms with Gasteiger partial charge in [0.05, 0.1) is 32.9 Å². The van der Waals surface area contributed by atoms with E-state index >= 15 is 0 Å². The SMILES string of the molecule is CCOc1ccc2ccccc2c1C(=O)NCc1nc(OC)nc(OC)n1. The Hall–Kier alpha value is -3.42. The summed E-state index contributed by atoms with van der Waals surface area (Å²) in [6, 6.07) is 11.6. The van der Waals surface area contributed by atoms with E-state index in [4.69, 9.17) is 14.2 Å². The van der Waals surface area contributed by atoms with E-state index in [9.17, 15) is 4.79 Å². The number of carbonyl (C=O) groups excluding carboxylic acids is 1. The second kappa shape index (κ2) is 8.31. The molecule has 0 saturated carbocycles. The van der Waals surface area contributed by atoms with E-state index in [1.54, 1.807) is 6.07 Å². The number of ether oxygens (including phenoxy) is 3. The van der Waals surface area contributed by atoms with Crippen molar-refractivity contribution >= 4 is 16.7 Å². The first-order valence-electron chi connectivity index (χ1n) is 8.42. The number of nitrogens with zero attached hydrogens (tertiary/aromatic N) is 3. The van der Waals surface area contributed by atoms with Gasteiger partial charge in [-0.05, 0) is 23.8 Å². The third-order valence-electron chi connectivity index (χ3n) is 3.83. The third kappa shape index (κ3) is 4.05. The van der Waals surface area contributed by atoms with Gasteiger partial charge in [0, 0.05) is 0 Å². The van der Waals surface area contributed by atoms with Crippen molar-refractivity contribution in [2.24, 2.45) is 0 Å². The van der Waals surface area contributed by atoms with Crippen LogP contribution in [0.2, 0.25) is 0 Å². The fourth-order valence-corrected chi connectivity index (χ4v) is 2.65. The molecule has 0 atom stereocenters. The van der Waals surface area contributed by atoms with Gasteiger partial charge in [-0.2, -0.15) is 9.97 Å². The van der Waals surface area contributed by atoms with Crippen molar-refractivity contribution in [2.45, 2.75) is 13.5 Å². The molecule has 3 aromatic rings. The summed E-state index contributed by atoms with van der Waals surface area (Å²) >= 11 is 0. The van der Waals surface area contributed by atoms with Crippen molar-refractivity contribution in [3.63, 3.8) is 0 Å². The highest BCUT2D eigenvalue weighted by atomic mass is 16.5. The van der Waals surface area contributed by atoms with Crippen molar-refractivity contribution in [1.82, 2.24) is 20.3 Å². The predicted molar refractivity (Wildman–Crippen MR) is 99.2 cm³/mol. The zero-order chi connectivity index (χ0) is 19.2. The molecule has 0 unspecified atom stereocenters. The van der Waals surface area contributed by atoms with Crippen LogP contribution in [-0.2, 0) is 6.54 Å². The van der Waals surface area contributed by atoms with Crippen molar-refractivity contribution in [3.05, 3.63) is 47.8 Å². The first-order chi connectivity index (χ1) is 13.2. The average molecular weight is 368 g/mol. The quantitative estimate of drug-likeness (QED) is 0.684. The van der Waals surface area contributed by atoms with Crippen LogP contribution < -0.4 is 19.5 Å². The molecule has 1 amide bonds. The molecule has 8 heteroatoms. The summed E-state index contributed by atoms with van der Waals surface area (Å²) in [7, 11) is 2.89. The van der Waals surface area contributed by atoms with Crippen LogP contribution in [0.1, 0.15) is 23.1 Å². The first kappa shape index (κ1) is 18.4. The summed E-state index contributed by atoms with van der Waals surface area (Å²) in [6.45, 7) is 2.42. The summed E-state index contributed by atoms with van der Waals surface area (Å²) in [5.41, 5.74) is 0.475. The van der Waals surface area contributed by atoms with Gasteiger partial charge in [0.25, 0.3) is 5.91 Å². The summed E-state index contributed by atoms with van der Waals surface area (Å²) in [4.78, 5) is 25.1. The topological polar surface area (TPSA) is 95.5 Å². The van der Waals surface area contributed by atoms with E-state index < -0.39 is 0 Å². The number of methoxy groups -OCH3 is 2. The smallest absolute Gasteiger partial charge is 0.322 e. The van der Waals surface area contributed by atoms with E-state index in [0.29, 0.717) is 23.7 Å². The van der Waals surface area contributed by atoms with Crippen LogP contribution in [0.25, 0.3) is 10.8 Å². The number of fused-ring (bicyclic) bond motifs is 1. The number of benzene rings is 2. The van der Waals surface area contributed by atoms with Gasteiger partial charge in [-0.3, -0.25) is 4.79 Å². The molecule has 0 aliphatic carbocycles. The third-order valence-corrected chi connectivity index (χ3v) is 3.83. The van der Waals surface area contributed by atoms with Crippen molar-refractivity contribution in [2.75, 3.05) is 20.8 Å². The van der Waals surface area contributed by atoms with E-state index in [-0.39, 0.29) is 24.5 Å². The lowest BCUT2D eigenvalue weighted by atomic mass is 10.0. The number of hydrogen-bond acceptors (Lipinski definition) is 7. The molecular weight excluding hydrogens is 348 g/mol. The molecule has 140 valence electrons. The second-order valence-electron chi connectivity index (χ2n) is 5.50. The van der Waals surface area contributed by atoms with Gasteiger partial charge in [0.1, 0.15) is 5.75 Å². The van der Waals surface area contributed by atoms with E-state index in [0.717, 1.165) is 10.8 Å². The van der Waals surface area contributed by atoms with Gasteiger partial charge >= 0.3 is 12.0 Å². The highest BCUT2D eigenvalue weighted by Crippen LogP contribution is 2.28. The molecule has 1 heterocycles. The lowest BCUT2D eigenvalue weighted by Gasteiger charge is -2.13. The number of amides is 1. The maximum absolute atomic E-state index is 12.9. The molecule has 27 heavy (non-hydrogen) atoms. The van der Waals surface area contributed by atoms with Gasteiger partial charge in [0.15, 0.2) is 5.82 Å². The average Bonchev–Trinajstić information content (AvgIpc) is 2.71. The molecule has 3 rings (SSSR count). The van der Waals surface area contributed by atoms with E-state index in [1.165, 1.54) is 14.2 Å². The van der Waals surface area contributed by atoms with Crippen LogP contribution in [0.5, 0.6) is 17.8 Å². The molecule has 0 fully saturated rings. The molecular formula is C19H20N4O4. The number of nitrogens with one attached hydrogen (secondary N) is 1. The zero-order valence-electron chi connectivity index (χ0n) is 15.4. The Morgan fingerprint density at radius 3 is 2.37 bits per heavy atom. The number of carbonyl (C=O) groups is 1. The van der Waals surface area contributed by atoms with Crippen LogP contribution in [0, 0.1) is 0 Å². The fourth-order valence-electron chi connectivity index (χ4n) is 2.65. The summed E-state index contributed by atoms with van der Waals surface area (Å²) in [5.74, 6) is 0.568. The second-order valence-corrected chi connectivity index (χ2v) is 5.50. The Bertz CT molecular complexity index is 939. The Kier molecular flexibility index (Phi) is 5.65. The molecule has 2 aromatic carbocycles. The van der Waals surface area contributed by atoms with Crippen LogP contribution in [0.3, 0.4) is 0 Å². The number of rotatable bonds is 7. The van der Waals surface area contributed by atoms with Crippen molar-refractivity contribution < 1.29 is 19.0 Å². The Morgan fingerprint density at radius 1 is 1.00 bits per heavy atom. The summed E-state index contributed by atoms with van der Waals surface area (Å²) < 4.78 is 15.7. The normalized spacial score (nSPS) is 10.5. The summed E-state index contributed by atoms with van der Waals surface area (Å²) in [6.07, 6.45) is 0. The number of aromatic nitrogens is 3. The first-order valence-corrected chi connectivity index (χ1v) is 8.42. The maximum Gasteiger partial charge on any atom is 0.322 e. The van der Waals surface area contributed by atoms with Gasteiger partial charge in [-0.25, -0.2) is 0 Å². The monoisotopic (exact) mass is 368 g/mol. The Morgan fingerprint density at radius 2 is 1.70 bits per heavy atom. The van der Waals surface area contributed by atoms with Gasteiger partial charge in [-0.15, -0.1) is 4.98 Å². The Labute approximate surface area is 156 Å². The zero-order valence-corrected chi connectivity index (χ0v) is 15.4. The van der Waals surface area contributed by atoms with Crippen LogP contribution in [0.15, 0.2) is 36.4 Å². The van der Waals surface area contributed by atoms with Gasteiger partial charge in [-0.1, -0.05) is 30.3 Å². The summed E-state index contributed by atoms with van der Waals surface area (Å²) in [5, 5.41) is 4.59. The molecule has 0 aliphatic rings.